The van der Waals surface area contributed by atoms with Crippen molar-refractivity contribution in [3.05, 3.63) is 35.4 Å². The number of carboxylic acids is 1. The van der Waals surface area contributed by atoms with Crippen molar-refractivity contribution >= 4 is 35.0 Å². The zero-order valence-corrected chi connectivity index (χ0v) is 18.7. The van der Waals surface area contributed by atoms with E-state index >= 15 is 0 Å². The molecule has 0 saturated carbocycles. The van der Waals surface area contributed by atoms with Gasteiger partial charge in [0.15, 0.2) is 10.0 Å². The molecule has 2 rings (SSSR count). The highest BCUT2D eigenvalue weighted by Gasteiger charge is 2.28. The molecule has 1 aliphatic rings. The summed E-state index contributed by atoms with van der Waals surface area (Å²) in [6, 6.07) is 0.0499. The summed E-state index contributed by atoms with van der Waals surface area (Å²) in [5.41, 5.74) is -0.813. The minimum Gasteiger partial charge on any atom is -0.476 e. The number of aromatic carboxylic acids is 1. The Bertz CT molecular complexity index is 743. The molecule has 0 bridgehead atoms. The fraction of sp³-hybridized carbons (Fsp3) is 0.571. The van der Waals surface area contributed by atoms with Gasteiger partial charge < -0.3 is 15.1 Å². The Morgan fingerprint density at radius 3 is 2.97 bits per heavy atom. The van der Waals surface area contributed by atoms with Crippen LogP contribution in [0.5, 0.6) is 0 Å². The molecular formula is C21H30N2O4S2. The molecule has 1 aliphatic heterocycles. The summed E-state index contributed by atoms with van der Waals surface area (Å²) in [6.07, 6.45) is 13.0. The number of aromatic nitrogens is 1. The Balaban J connectivity index is 1.81. The van der Waals surface area contributed by atoms with E-state index in [1.165, 1.54) is 28.5 Å². The van der Waals surface area contributed by atoms with Gasteiger partial charge in [0.05, 0.1) is 11.6 Å². The summed E-state index contributed by atoms with van der Waals surface area (Å²) in [6.45, 7) is 4.54. The normalized spacial score (nSPS) is 19.5. The number of unbranched alkanes of at least 4 members (excludes halogenated alkanes) is 2. The van der Waals surface area contributed by atoms with E-state index in [0.29, 0.717) is 29.5 Å². The Labute approximate surface area is 180 Å². The van der Waals surface area contributed by atoms with Crippen LogP contribution in [0.1, 0.15) is 62.9 Å². The Morgan fingerprint density at radius 2 is 2.28 bits per heavy atom. The van der Waals surface area contributed by atoms with Crippen molar-refractivity contribution in [3.8, 4) is 0 Å². The van der Waals surface area contributed by atoms with Crippen molar-refractivity contribution in [2.24, 2.45) is 0 Å². The van der Waals surface area contributed by atoms with Crippen molar-refractivity contribution in [1.29, 1.82) is 0 Å². The summed E-state index contributed by atoms with van der Waals surface area (Å²) in [4.78, 5) is 29.0. The number of allylic oxidation sites excluding steroid dienone is 1. The summed E-state index contributed by atoms with van der Waals surface area (Å²) in [5, 5.41) is 20.9. The second-order valence-electron chi connectivity index (χ2n) is 7.38. The molecule has 160 valence electrons. The van der Waals surface area contributed by atoms with Crippen molar-refractivity contribution in [1.82, 2.24) is 9.88 Å². The number of hydrogen-bond acceptors (Lipinski definition) is 6. The van der Waals surface area contributed by atoms with Gasteiger partial charge in [0.25, 0.3) is 0 Å². The molecule has 0 unspecified atom stereocenters. The molecule has 1 amide bonds. The molecule has 2 atom stereocenters. The molecule has 29 heavy (non-hydrogen) atoms. The van der Waals surface area contributed by atoms with Gasteiger partial charge in [-0.25, -0.2) is 9.78 Å². The maximum atomic E-state index is 12.2. The van der Waals surface area contributed by atoms with E-state index in [1.54, 1.807) is 6.92 Å². The zero-order valence-electron chi connectivity index (χ0n) is 17.0. The molecule has 0 radical (unpaired) electrons. The van der Waals surface area contributed by atoms with Crippen LogP contribution < -0.4 is 0 Å². The van der Waals surface area contributed by atoms with Crippen molar-refractivity contribution < 1.29 is 19.8 Å². The summed E-state index contributed by atoms with van der Waals surface area (Å²) >= 11 is 2.77. The molecule has 8 heteroatoms. The highest BCUT2D eigenvalue weighted by atomic mass is 32.2. The minimum absolute atomic E-state index is 0.0499. The first-order valence-electron chi connectivity index (χ1n) is 10.00. The summed E-state index contributed by atoms with van der Waals surface area (Å²) in [7, 11) is 0. The predicted molar refractivity (Wildman–Crippen MR) is 118 cm³/mol. The molecule has 0 aromatic carbocycles. The summed E-state index contributed by atoms with van der Waals surface area (Å²) < 4.78 is 0.701. The number of likely N-dealkylation sites (tertiary alicyclic amines) is 1. The van der Waals surface area contributed by atoms with Crippen molar-refractivity contribution in [3.63, 3.8) is 0 Å². The number of thiazole rings is 1. The predicted octanol–water partition coefficient (Wildman–Crippen LogP) is 4.37. The maximum absolute atomic E-state index is 12.2. The van der Waals surface area contributed by atoms with E-state index in [0.717, 1.165) is 25.7 Å². The van der Waals surface area contributed by atoms with Crippen LogP contribution in [0.2, 0.25) is 0 Å². The first-order chi connectivity index (χ1) is 13.8. The van der Waals surface area contributed by atoms with Gasteiger partial charge >= 0.3 is 5.97 Å². The number of hydrogen-bond donors (Lipinski definition) is 2. The van der Waals surface area contributed by atoms with Gasteiger partial charge in [-0.1, -0.05) is 55.8 Å². The third-order valence-electron chi connectivity index (χ3n) is 4.73. The van der Waals surface area contributed by atoms with Gasteiger partial charge in [0, 0.05) is 24.1 Å². The molecule has 1 aromatic rings. The highest BCUT2D eigenvalue weighted by Crippen LogP contribution is 2.25. The summed E-state index contributed by atoms with van der Waals surface area (Å²) in [5.74, 6) is -0.221. The van der Waals surface area contributed by atoms with E-state index in [9.17, 15) is 14.7 Å². The standard InChI is InChI=1S/C21H30N2O4S2/c1-3-4-5-6-11-21(2,27)12-7-8-16-9-10-18(24)23(16)13-14-28-20-22-17(15-29-20)19(25)26/h6-8,11,15-16,27H,3-5,9-10,12-14H2,1-2H3,(H,25,26)/b8-7+,11-6+/t16-,21-/m0/s1. The smallest absolute Gasteiger partial charge is 0.355 e. The van der Waals surface area contributed by atoms with Crippen molar-refractivity contribution in [2.45, 2.75) is 68.4 Å². The lowest BCUT2D eigenvalue weighted by Gasteiger charge is -2.22. The fourth-order valence-electron chi connectivity index (χ4n) is 3.09. The van der Waals surface area contributed by atoms with E-state index in [1.807, 2.05) is 29.2 Å². The number of thioether (sulfide) groups is 1. The number of amides is 1. The van der Waals surface area contributed by atoms with Crippen LogP contribution in [0.15, 0.2) is 34.0 Å². The SMILES string of the molecule is CCCC/C=C/[C@](C)(O)C/C=C/[C@H]1CCC(=O)N1CCSc1nc(C(=O)O)cs1. The van der Waals surface area contributed by atoms with Gasteiger partial charge in [0.2, 0.25) is 5.91 Å². The first kappa shape index (κ1) is 23.6. The van der Waals surface area contributed by atoms with Crippen LogP contribution in [0, 0.1) is 0 Å². The number of aliphatic hydroxyl groups is 1. The van der Waals surface area contributed by atoms with Crippen molar-refractivity contribution in [2.75, 3.05) is 12.3 Å². The number of carboxylic acid groups (broad SMARTS) is 1. The Hall–Kier alpha value is -1.64. The molecule has 1 saturated heterocycles. The highest BCUT2D eigenvalue weighted by molar-refractivity contribution is 8.01. The number of carbonyl (C=O) groups is 2. The van der Waals surface area contributed by atoms with Gasteiger partial charge in [-0.05, 0) is 26.2 Å². The van der Waals surface area contributed by atoms with Crippen LogP contribution >= 0.6 is 23.1 Å². The van der Waals surface area contributed by atoms with E-state index in [2.05, 4.69) is 11.9 Å². The lowest BCUT2D eigenvalue weighted by atomic mass is 10.00. The Kier molecular flexibility index (Phi) is 9.39. The monoisotopic (exact) mass is 438 g/mol. The topological polar surface area (TPSA) is 90.7 Å². The molecule has 2 N–H and O–H groups in total. The van der Waals surface area contributed by atoms with Gasteiger partial charge in [0.1, 0.15) is 0 Å². The number of carbonyl (C=O) groups excluding carboxylic acids is 1. The number of nitrogens with zero attached hydrogens (tertiary/aromatic N) is 2. The molecule has 2 heterocycles. The lowest BCUT2D eigenvalue weighted by Crippen LogP contribution is -2.33. The van der Waals surface area contributed by atoms with Crippen LogP contribution in [0.4, 0.5) is 0 Å². The molecule has 1 fully saturated rings. The van der Waals surface area contributed by atoms with E-state index in [-0.39, 0.29) is 17.6 Å². The van der Waals surface area contributed by atoms with Crippen LogP contribution in [-0.2, 0) is 4.79 Å². The zero-order chi connectivity index (χ0) is 21.3. The van der Waals surface area contributed by atoms with E-state index in [4.69, 9.17) is 5.11 Å². The molecule has 0 spiro atoms. The minimum atomic E-state index is -1.02. The quantitative estimate of drug-likeness (QED) is 0.286. The van der Waals surface area contributed by atoms with E-state index < -0.39 is 11.6 Å². The number of rotatable bonds is 12. The van der Waals surface area contributed by atoms with Gasteiger partial charge in [-0.3, -0.25) is 4.79 Å². The van der Waals surface area contributed by atoms with Crippen LogP contribution in [0.3, 0.4) is 0 Å². The Morgan fingerprint density at radius 1 is 1.48 bits per heavy atom. The average molecular weight is 439 g/mol. The van der Waals surface area contributed by atoms with Gasteiger partial charge in [-0.2, -0.15) is 0 Å². The maximum Gasteiger partial charge on any atom is 0.355 e. The molecule has 6 nitrogen and oxygen atoms in total. The largest absolute Gasteiger partial charge is 0.476 e. The molecule has 1 aromatic heterocycles. The fourth-order valence-corrected chi connectivity index (χ4v) is 4.90. The average Bonchev–Trinajstić information content (AvgIpc) is 3.27. The second-order valence-corrected chi connectivity index (χ2v) is 9.58. The second kappa shape index (κ2) is 11.5. The molecular weight excluding hydrogens is 408 g/mol. The first-order valence-corrected chi connectivity index (χ1v) is 11.9. The van der Waals surface area contributed by atoms with Crippen LogP contribution in [-0.4, -0.2) is 55.9 Å². The van der Waals surface area contributed by atoms with Gasteiger partial charge in [-0.15, -0.1) is 11.3 Å². The third kappa shape index (κ3) is 7.95. The van der Waals surface area contributed by atoms with Crippen LogP contribution in [0.25, 0.3) is 0 Å². The lowest BCUT2D eigenvalue weighted by molar-refractivity contribution is -0.128. The third-order valence-corrected chi connectivity index (χ3v) is 6.73. The molecule has 0 aliphatic carbocycles.